The third-order valence-electron chi connectivity index (χ3n) is 2.80. The van der Waals surface area contributed by atoms with E-state index >= 15 is 0 Å². The van der Waals surface area contributed by atoms with Crippen LogP contribution in [0.2, 0.25) is 0 Å². The molecule has 2 aliphatic rings. The van der Waals surface area contributed by atoms with Crippen molar-refractivity contribution >= 4 is 6.03 Å². The number of morpholine rings is 1. The number of amides is 2. The van der Waals surface area contributed by atoms with Crippen molar-refractivity contribution in [2.45, 2.75) is 38.3 Å². The van der Waals surface area contributed by atoms with Gasteiger partial charge in [0.25, 0.3) is 0 Å². The predicted octanol–water partition coefficient (Wildman–Crippen LogP) is 0.969. The molecule has 1 aliphatic carbocycles. The Bertz CT molecular complexity index is 236. The van der Waals surface area contributed by atoms with Crippen molar-refractivity contribution in [1.82, 2.24) is 10.2 Å². The fraction of sp³-hybridized carbons (Fsp3) is 0.900. The number of hydrogen-bond donors (Lipinski definition) is 1. The molecule has 0 spiro atoms. The summed E-state index contributed by atoms with van der Waals surface area (Å²) < 4.78 is 5.36. The van der Waals surface area contributed by atoms with Crippen molar-refractivity contribution in [2.75, 3.05) is 19.8 Å². The topological polar surface area (TPSA) is 41.6 Å². The number of rotatable bonds is 1. The lowest BCUT2D eigenvalue weighted by Crippen LogP contribution is -2.58. The van der Waals surface area contributed by atoms with Gasteiger partial charge in [-0.1, -0.05) is 0 Å². The standard InChI is InChI=1S/C10H18N2O2/c1-10(2)7-14-6-5-12(10)9(13)11-8-3-4-8/h8H,3-7H2,1-2H3,(H,11,13). The minimum atomic E-state index is -0.169. The molecule has 2 rings (SSSR count). The maximum atomic E-state index is 11.8. The van der Waals surface area contributed by atoms with Crippen LogP contribution in [0.5, 0.6) is 0 Å². The SMILES string of the molecule is CC1(C)COCCN1C(=O)NC1CC1. The summed E-state index contributed by atoms with van der Waals surface area (Å²) in [6.45, 7) is 6.06. The molecule has 1 saturated carbocycles. The summed E-state index contributed by atoms with van der Waals surface area (Å²) in [7, 11) is 0. The average Bonchev–Trinajstić information content (AvgIpc) is 2.87. The molecule has 4 heteroatoms. The summed E-state index contributed by atoms with van der Waals surface area (Å²) in [6, 6.07) is 0.502. The van der Waals surface area contributed by atoms with Crippen molar-refractivity contribution in [2.24, 2.45) is 0 Å². The highest BCUT2D eigenvalue weighted by atomic mass is 16.5. The second kappa shape index (κ2) is 3.42. The van der Waals surface area contributed by atoms with Crippen LogP contribution in [-0.4, -0.2) is 42.3 Å². The van der Waals surface area contributed by atoms with Gasteiger partial charge < -0.3 is 15.0 Å². The molecule has 0 aromatic rings. The molecular formula is C10H18N2O2. The van der Waals surface area contributed by atoms with Gasteiger partial charge in [-0.05, 0) is 26.7 Å². The maximum absolute atomic E-state index is 11.8. The van der Waals surface area contributed by atoms with Gasteiger partial charge in [-0.15, -0.1) is 0 Å². The summed E-state index contributed by atoms with van der Waals surface area (Å²) in [5, 5.41) is 3.01. The summed E-state index contributed by atoms with van der Waals surface area (Å²) >= 11 is 0. The summed E-state index contributed by atoms with van der Waals surface area (Å²) in [4.78, 5) is 13.7. The van der Waals surface area contributed by atoms with Crippen molar-refractivity contribution in [3.63, 3.8) is 0 Å². The zero-order valence-corrected chi connectivity index (χ0v) is 8.88. The average molecular weight is 198 g/mol. The highest BCUT2D eigenvalue weighted by Crippen LogP contribution is 2.22. The van der Waals surface area contributed by atoms with Crippen LogP contribution in [0.3, 0.4) is 0 Å². The fourth-order valence-corrected chi connectivity index (χ4v) is 1.72. The summed E-state index contributed by atoms with van der Waals surface area (Å²) in [5.74, 6) is 0. The summed E-state index contributed by atoms with van der Waals surface area (Å²) in [5.41, 5.74) is -0.169. The van der Waals surface area contributed by atoms with Gasteiger partial charge in [0.15, 0.2) is 0 Å². The lowest BCUT2D eigenvalue weighted by atomic mass is 10.0. The van der Waals surface area contributed by atoms with Gasteiger partial charge in [0.2, 0.25) is 0 Å². The largest absolute Gasteiger partial charge is 0.377 e. The molecule has 0 aromatic heterocycles. The van der Waals surface area contributed by atoms with E-state index in [0.717, 1.165) is 12.8 Å². The number of nitrogens with one attached hydrogen (secondary N) is 1. The maximum Gasteiger partial charge on any atom is 0.318 e. The third kappa shape index (κ3) is 2.00. The van der Waals surface area contributed by atoms with E-state index in [2.05, 4.69) is 5.32 Å². The fourth-order valence-electron chi connectivity index (χ4n) is 1.72. The molecule has 4 nitrogen and oxygen atoms in total. The first kappa shape index (κ1) is 9.77. The molecular weight excluding hydrogens is 180 g/mol. The number of nitrogens with zero attached hydrogens (tertiary/aromatic N) is 1. The molecule has 2 amide bonds. The molecule has 1 aliphatic heterocycles. The lowest BCUT2D eigenvalue weighted by molar-refractivity contribution is -0.0278. The van der Waals surface area contributed by atoms with E-state index in [1.807, 2.05) is 18.7 Å². The van der Waals surface area contributed by atoms with Crippen molar-refractivity contribution in [3.05, 3.63) is 0 Å². The van der Waals surface area contributed by atoms with Crippen LogP contribution in [0.25, 0.3) is 0 Å². The van der Waals surface area contributed by atoms with Crippen LogP contribution < -0.4 is 5.32 Å². The van der Waals surface area contributed by atoms with E-state index < -0.39 is 0 Å². The number of carbonyl (C=O) groups is 1. The van der Waals surface area contributed by atoms with E-state index in [-0.39, 0.29) is 11.6 Å². The molecule has 0 radical (unpaired) electrons. The van der Waals surface area contributed by atoms with E-state index in [0.29, 0.717) is 25.8 Å². The zero-order chi connectivity index (χ0) is 10.2. The number of carbonyl (C=O) groups excluding carboxylic acids is 1. The van der Waals surface area contributed by atoms with Gasteiger partial charge in [-0.2, -0.15) is 0 Å². The molecule has 0 bridgehead atoms. The summed E-state index contributed by atoms with van der Waals surface area (Å²) in [6.07, 6.45) is 2.27. The first-order valence-corrected chi connectivity index (χ1v) is 5.25. The number of hydrogen-bond acceptors (Lipinski definition) is 2. The molecule has 0 unspecified atom stereocenters. The molecule has 0 atom stereocenters. The number of ether oxygens (including phenoxy) is 1. The minimum Gasteiger partial charge on any atom is -0.377 e. The van der Waals surface area contributed by atoms with E-state index in [9.17, 15) is 4.79 Å². The van der Waals surface area contributed by atoms with Gasteiger partial charge in [0.05, 0.1) is 18.8 Å². The van der Waals surface area contributed by atoms with E-state index in [1.54, 1.807) is 0 Å². The monoisotopic (exact) mass is 198 g/mol. The predicted molar refractivity (Wildman–Crippen MR) is 53.2 cm³/mol. The van der Waals surface area contributed by atoms with Crippen LogP contribution in [0.15, 0.2) is 0 Å². The highest BCUT2D eigenvalue weighted by Gasteiger charge is 2.36. The molecule has 2 fully saturated rings. The molecule has 0 aromatic carbocycles. The Morgan fingerprint density at radius 2 is 2.21 bits per heavy atom. The van der Waals surface area contributed by atoms with Crippen LogP contribution >= 0.6 is 0 Å². The Kier molecular flexibility index (Phi) is 2.39. The quantitative estimate of drug-likeness (QED) is 0.682. The van der Waals surface area contributed by atoms with Gasteiger partial charge in [0, 0.05) is 12.6 Å². The van der Waals surface area contributed by atoms with Crippen molar-refractivity contribution in [3.8, 4) is 0 Å². The van der Waals surface area contributed by atoms with E-state index in [1.165, 1.54) is 0 Å². The second-order valence-electron chi connectivity index (χ2n) is 4.74. The van der Waals surface area contributed by atoms with Crippen molar-refractivity contribution in [1.29, 1.82) is 0 Å². The van der Waals surface area contributed by atoms with E-state index in [4.69, 9.17) is 4.74 Å². The second-order valence-corrected chi connectivity index (χ2v) is 4.74. The molecule has 1 heterocycles. The minimum absolute atomic E-state index is 0.0702. The van der Waals surface area contributed by atoms with Gasteiger partial charge in [-0.3, -0.25) is 0 Å². The Hall–Kier alpha value is -0.770. The molecule has 1 N–H and O–H groups in total. The molecule has 14 heavy (non-hydrogen) atoms. The van der Waals surface area contributed by atoms with Gasteiger partial charge >= 0.3 is 6.03 Å². The van der Waals surface area contributed by atoms with Crippen LogP contribution in [0.1, 0.15) is 26.7 Å². The van der Waals surface area contributed by atoms with Crippen molar-refractivity contribution < 1.29 is 9.53 Å². The van der Waals surface area contributed by atoms with Crippen LogP contribution in [0, 0.1) is 0 Å². The van der Waals surface area contributed by atoms with Gasteiger partial charge in [0.1, 0.15) is 0 Å². The van der Waals surface area contributed by atoms with Crippen LogP contribution in [0.4, 0.5) is 4.79 Å². The Morgan fingerprint density at radius 3 is 2.79 bits per heavy atom. The molecule has 1 saturated heterocycles. The highest BCUT2D eigenvalue weighted by molar-refractivity contribution is 5.75. The first-order valence-electron chi connectivity index (χ1n) is 5.25. The number of urea groups is 1. The normalized spacial score (nSPS) is 26.0. The Morgan fingerprint density at radius 1 is 1.50 bits per heavy atom. The lowest BCUT2D eigenvalue weighted by Gasteiger charge is -2.41. The smallest absolute Gasteiger partial charge is 0.318 e. The van der Waals surface area contributed by atoms with Crippen LogP contribution in [-0.2, 0) is 4.74 Å². The third-order valence-corrected chi connectivity index (χ3v) is 2.80. The zero-order valence-electron chi connectivity index (χ0n) is 8.88. The Balaban J connectivity index is 1.95. The van der Waals surface area contributed by atoms with Gasteiger partial charge in [-0.25, -0.2) is 4.79 Å². The Labute approximate surface area is 84.6 Å². The first-order chi connectivity index (χ1) is 6.59. The molecule has 80 valence electrons.